The predicted molar refractivity (Wildman–Crippen MR) is 70.2 cm³/mol. The van der Waals surface area contributed by atoms with Gasteiger partial charge in [-0.15, -0.1) is 0 Å². The van der Waals surface area contributed by atoms with Crippen LogP contribution in [0.5, 0.6) is 0 Å². The number of hydrogen-bond acceptors (Lipinski definition) is 3. The van der Waals surface area contributed by atoms with Crippen molar-refractivity contribution in [3.05, 3.63) is 36.6 Å². The van der Waals surface area contributed by atoms with Crippen molar-refractivity contribution in [2.75, 3.05) is 0 Å². The van der Waals surface area contributed by atoms with E-state index in [0.717, 1.165) is 0 Å². The minimum atomic E-state index is -0.723. The molecular weight excluding hydrogens is 228 g/mol. The first-order valence-corrected chi connectivity index (χ1v) is 6.18. The first-order chi connectivity index (χ1) is 8.17. The molecule has 3 heteroatoms. The maximum absolute atomic E-state index is 12.0. The first kappa shape index (κ1) is 13.1. The van der Waals surface area contributed by atoms with Gasteiger partial charge in [0.1, 0.15) is 11.2 Å². The van der Waals surface area contributed by atoms with Crippen LogP contribution in [0, 0.1) is 11.3 Å². The average molecular weight is 248 g/mol. The number of aliphatic hydroxyl groups is 1. The summed E-state index contributed by atoms with van der Waals surface area (Å²) in [5.74, 6) is -0.856. The molecule has 0 amide bonds. The molecule has 0 bridgehead atoms. The Balaban J connectivity index is 2.55. The lowest BCUT2D eigenvalue weighted by atomic mass is 9.63. The van der Waals surface area contributed by atoms with Gasteiger partial charge in [-0.2, -0.15) is 0 Å². The van der Waals surface area contributed by atoms with Gasteiger partial charge in [-0.25, -0.2) is 0 Å². The van der Waals surface area contributed by atoms with E-state index >= 15 is 0 Å². The fraction of sp³-hybridized carbons (Fsp3) is 0.533. The minimum absolute atomic E-state index is 0.165. The Morgan fingerprint density at radius 3 is 2.50 bits per heavy atom. The zero-order chi connectivity index (χ0) is 13.8. The molecule has 0 saturated carbocycles. The zero-order valence-electron chi connectivity index (χ0n) is 11.4. The molecule has 3 unspecified atom stereocenters. The lowest BCUT2D eigenvalue weighted by Gasteiger charge is -2.48. The third-order valence-electron chi connectivity index (χ3n) is 4.25. The van der Waals surface area contributed by atoms with Gasteiger partial charge in [0.25, 0.3) is 0 Å². The molecule has 0 fully saturated rings. The van der Waals surface area contributed by atoms with Gasteiger partial charge in [-0.3, -0.25) is 4.79 Å². The molecule has 0 saturated heterocycles. The Hall–Kier alpha value is -1.35. The van der Waals surface area contributed by atoms with Crippen LogP contribution in [0.25, 0.3) is 0 Å². The number of rotatable bonds is 1. The highest BCUT2D eigenvalue weighted by Gasteiger charge is 2.58. The summed E-state index contributed by atoms with van der Waals surface area (Å²) in [6.45, 7) is 11.4. The lowest BCUT2D eigenvalue weighted by Crippen LogP contribution is -2.55. The van der Waals surface area contributed by atoms with Crippen LogP contribution >= 0.6 is 0 Å². The highest BCUT2D eigenvalue weighted by molar-refractivity contribution is 5.97. The fourth-order valence-electron chi connectivity index (χ4n) is 2.91. The standard InChI is InChI=1S/C15H20O3/c1-6-14(5)7-8-15(18-14)10(2)12(17)11(16)9-13(15,3)4/h6-10,16H,1H2,2-5H3. The van der Waals surface area contributed by atoms with E-state index in [4.69, 9.17) is 4.74 Å². The number of hydrogen-bond donors (Lipinski definition) is 1. The Morgan fingerprint density at radius 2 is 2.00 bits per heavy atom. The number of Topliss-reactive ketones (excluding diaryl/α,β-unsaturated/α-hetero) is 1. The Bertz CT molecular complexity index is 472. The van der Waals surface area contributed by atoms with Crippen LogP contribution in [0.3, 0.4) is 0 Å². The van der Waals surface area contributed by atoms with Crippen molar-refractivity contribution in [2.24, 2.45) is 11.3 Å². The SMILES string of the molecule is C=CC1(C)C=CC2(O1)C(C)C(=O)C(O)=CC2(C)C. The number of carbonyl (C=O) groups excluding carboxylic acids is 1. The van der Waals surface area contributed by atoms with E-state index < -0.39 is 22.5 Å². The second-order valence-electron chi connectivity index (χ2n) is 5.95. The van der Waals surface area contributed by atoms with Crippen molar-refractivity contribution in [1.82, 2.24) is 0 Å². The monoisotopic (exact) mass is 248 g/mol. The van der Waals surface area contributed by atoms with Gasteiger partial charge in [0, 0.05) is 5.41 Å². The van der Waals surface area contributed by atoms with Crippen LogP contribution in [0.2, 0.25) is 0 Å². The van der Waals surface area contributed by atoms with Crippen LogP contribution in [0.4, 0.5) is 0 Å². The first-order valence-electron chi connectivity index (χ1n) is 6.18. The molecule has 0 aromatic heterocycles. The van der Waals surface area contributed by atoms with E-state index in [1.807, 2.05) is 32.9 Å². The van der Waals surface area contributed by atoms with Crippen LogP contribution in [-0.4, -0.2) is 22.1 Å². The molecule has 3 nitrogen and oxygen atoms in total. The number of aliphatic hydroxyl groups excluding tert-OH is 1. The molecule has 1 spiro atoms. The van der Waals surface area contributed by atoms with Crippen LogP contribution in [0.1, 0.15) is 27.7 Å². The molecule has 0 radical (unpaired) electrons. The maximum atomic E-state index is 12.0. The topological polar surface area (TPSA) is 46.5 Å². The fourth-order valence-corrected chi connectivity index (χ4v) is 2.91. The molecule has 0 aromatic carbocycles. The molecule has 2 aliphatic rings. The predicted octanol–water partition coefficient (Wildman–Crippen LogP) is 2.94. The van der Waals surface area contributed by atoms with Gasteiger partial charge < -0.3 is 9.84 Å². The molecule has 98 valence electrons. The van der Waals surface area contributed by atoms with Crippen molar-refractivity contribution in [3.63, 3.8) is 0 Å². The van der Waals surface area contributed by atoms with Crippen molar-refractivity contribution >= 4 is 5.78 Å². The molecule has 1 N–H and O–H groups in total. The summed E-state index contributed by atoms with van der Waals surface area (Å²) in [5.41, 5.74) is -1.74. The van der Waals surface area contributed by atoms with E-state index in [2.05, 4.69) is 6.58 Å². The van der Waals surface area contributed by atoms with Gasteiger partial charge >= 0.3 is 0 Å². The highest BCUT2D eigenvalue weighted by atomic mass is 16.5. The van der Waals surface area contributed by atoms with E-state index in [1.165, 1.54) is 0 Å². The molecule has 1 aliphatic heterocycles. The summed E-state index contributed by atoms with van der Waals surface area (Å²) in [4.78, 5) is 12.0. The Kier molecular flexibility index (Phi) is 2.60. The largest absolute Gasteiger partial charge is 0.505 e. The van der Waals surface area contributed by atoms with Gasteiger partial charge in [0.15, 0.2) is 5.76 Å². The van der Waals surface area contributed by atoms with Gasteiger partial charge in [-0.05, 0) is 13.0 Å². The molecule has 18 heavy (non-hydrogen) atoms. The number of allylic oxidation sites excluding steroid dienone is 1. The average Bonchev–Trinajstić information content (AvgIpc) is 2.66. The molecule has 3 atom stereocenters. The van der Waals surface area contributed by atoms with Crippen LogP contribution in [-0.2, 0) is 9.53 Å². The van der Waals surface area contributed by atoms with E-state index in [0.29, 0.717) is 0 Å². The highest BCUT2D eigenvalue weighted by Crippen LogP contribution is 2.52. The van der Waals surface area contributed by atoms with Crippen molar-refractivity contribution < 1.29 is 14.6 Å². The Labute approximate surface area is 108 Å². The van der Waals surface area contributed by atoms with E-state index in [9.17, 15) is 9.90 Å². The summed E-state index contributed by atoms with van der Waals surface area (Å²) < 4.78 is 6.17. The Morgan fingerprint density at radius 1 is 1.39 bits per heavy atom. The quantitative estimate of drug-likeness (QED) is 0.726. The maximum Gasteiger partial charge on any atom is 0.202 e. The van der Waals surface area contributed by atoms with Crippen molar-refractivity contribution in [2.45, 2.75) is 38.9 Å². The summed E-state index contributed by atoms with van der Waals surface area (Å²) in [6.07, 6.45) is 7.19. The zero-order valence-corrected chi connectivity index (χ0v) is 11.4. The molecule has 2 rings (SSSR count). The molecule has 0 aromatic rings. The minimum Gasteiger partial charge on any atom is -0.505 e. The third-order valence-corrected chi connectivity index (χ3v) is 4.25. The summed E-state index contributed by atoms with van der Waals surface area (Å²) in [7, 11) is 0. The van der Waals surface area contributed by atoms with Gasteiger partial charge in [0.2, 0.25) is 5.78 Å². The summed E-state index contributed by atoms with van der Waals surface area (Å²) in [5, 5.41) is 9.73. The smallest absolute Gasteiger partial charge is 0.202 e. The summed E-state index contributed by atoms with van der Waals surface area (Å²) in [6, 6.07) is 0. The van der Waals surface area contributed by atoms with Crippen LogP contribution < -0.4 is 0 Å². The number of carbonyl (C=O) groups is 1. The number of ether oxygens (including phenoxy) is 1. The normalized spacial score (nSPS) is 42.1. The van der Waals surface area contributed by atoms with Gasteiger partial charge in [0.05, 0.1) is 5.92 Å². The second-order valence-corrected chi connectivity index (χ2v) is 5.95. The van der Waals surface area contributed by atoms with E-state index in [1.54, 1.807) is 19.1 Å². The van der Waals surface area contributed by atoms with Crippen LogP contribution in [0.15, 0.2) is 36.6 Å². The van der Waals surface area contributed by atoms with Crippen molar-refractivity contribution in [1.29, 1.82) is 0 Å². The van der Waals surface area contributed by atoms with Gasteiger partial charge in [-0.1, -0.05) is 45.6 Å². The molecule has 1 heterocycles. The lowest BCUT2D eigenvalue weighted by molar-refractivity contribution is -0.158. The summed E-state index contributed by atoms with van der Waals surface area (Å²) >= 11 is 0. The van der Waals surface area contributed by atoms with Crippen molar-refractivity contribution in [3.8, 4) is 0 Å². The molecular formula is C15H20O3. The third kappa shape index (κ3) is 1.50. The molecule has 1 aliphatic carbocycles. The second kappa shape index (κ2) is 3.58. The van der Waals surface area contributed by atoms with E-state index in [-0.39, 0.29) is 11.5 Å². The number of ketones is 1.